The maximum atomic E-state index is 5.85. The summed E-state index contributed by atoms with van der Waals surface area (Å²) in [5.74, 6) is 0.713. The minimum atomic E-state index is 0.558. The first-order valence-corrected chi connectivity index (χ1v) is 5.33. The molecule has 1 heteroatoms. The quantitative estimate of drug-likeness (QED) is 0.585. The Morgan fingerprint density at radius 3 is 2.42 bits per heavy atom. The average molecular weight is 168 g/mol. The van der Waals surface area contributed by atoms with Crippen LogP contribution < -0.4 is 0 Å². The normalized spacial score (nSPS) is 33.8. The van der Waals surface area contributed by atoms with E-state index in [9.17, 15) is 0 Å². The molecule has 0 bridgehead atoms. The smallest absolute Gasteiger partial charge is 0.0604 e. The fraction of sp³-hybridized carbons (Fsp3) is 1.00. The van der Waals surface area contributed by atoms with Gasteiger partial charge in [-0.25, -0.2) is 0 Å². The predicted octanol–water partition coefficient (Wildman–Crippen LogP) is 2.99. The van der Waals surface area contributed by atoms with E-state index < -0.39 is 0 Å². The van der Waals surface area contributed by atoms with Crippen molar-refractivity contribution in [2.24, 2.45) is 11.3 Å². The highest BCUT2D eigenvalue weighted by atomic mass is 16.5. The van der Waals surface area contributed by atoms with Gasteiger partial charge in [-0.3, -0.25) is 0 Å². The van der Waals surface area contributed by atoms with Crippen LogP contribution in [-0.2, 0) is 4.74 Å². The molecule has 1 nitrogen and oxygen atoms in total. The summed E-state index contributed by atoms with van der Waals surface area (Å²) in [6.45, 7) is 5.60. The SMILES string of the molecule is CC(C)C1CC2(CCCC2)CO1. The highest BCUT2D eigenvalue weighted by Crippen LogP contribution is 2.47. The molecule has 1 saturated heterocycles. The maximum Gasteiger partial charge on any atom is 0.0604 e. The van der Waals surface area contributed by atoms with Gasteiger partial charge in [0.2, 0.25) is 0 Å². The molecule has 1 aliphatic carbocycles. The summed E-state index contributed by atoms with van der Waals surface area (Å²) in [5.41, 5.74) is 0.620. The van der Waals surface area contributed by atoms with Gasteiger partial charge in [-0.1, -0.05) is 26.7 Å². The molecule has 1 heterocycles. The van der Waals surface area contributed by atoms with E-state index in [2.05, 4.69) is 13.8 Å². The van der Waals surface area contributed by atoms with E-state index in [1.807, 2.05) is 0 Å². The highest BCUT2D eigenvalue weighted by Gasteiger charge is 2.42. The van der Waals surface area contributed by atoms with Crippen molar-refractivity contribution in [3.05, 3.63) is 0 Å². The first-order chi connectivity index (χ1) is 5.72. The van der Waals surface area contributed by atoms with Crippen LogP contribution in [0.5, 0.6) is 0 Å². The molecule has 0 N–H and O–H groups in total. The van der Waals surface area contributed by atoms with Crippen molar-refractivity contribution in [1.82, 2.24) is 0 Å². The van der Waals surface area contributed by atoms with E-state index >= 15 is 0 Å². The number of hydrogen-bond donors (Lipinski definition) is 0. The van der Waals surface area contributed by atoms with Gasteiger partial charge in [0.15, 0.2) is 0 Å². The van der Waals surface area contributed by atoms with Crippen molar-refractivity contribution in [3.63, 3.8) is 0 Å². The molecule has 1 unspecified atom stereocenters. The van der Waals surface area contributed by atoms with Crippen LogP contribution in [0.25, 0.3) is 0 Å². The van der Waals surface area contributed by atoms with Gasteiger partial charge in [0.05, 0.1) is 12.7 Å². The summed E-state index contributed by atoms with van der Waals surface area (Å²) in [6, 6.07) is 0. The van der Waals surface area contributed by atoms with Gasteiger partial charge in [0.25, 0.3) is 0 Å². The van der Waals surface area contributed by atoms with Gasteiger partial charge in [-0.2, -0.15) is 0 Å². The molecule has 0 aromatic carbocycles. The first kappa shape index (κ1) is 8.55. The van der Waals surface area contributed by atoms with E-state index in [4.69, 9.17) is 4.74 Å². The lowest BCUT2D eigenvalue weighted by Gasteiger charge is -2.20. The zero-order chi connectivity index (χ0) is 8.60. The molecule has 2 fully saturated rings. The summed E-state index contributed by atoms with van der Waals surface area (Å²) in [4.78, 5) is 0. The zero-order valence-corrected chi connectivity index (χ0v) is 8.31. The Labute approximate surface area is 75.5 Å². The van der Waals surface area contributed by atoms with E-state index in [0.717, 1.165) is 6.61 Å². The Balaban J connectivity index is 1.96. The van der Waals surface area contributed by atoms with Gasteiger partial charge >= 0.3 is 0 Å². The van der Waals surface area contributed by atoms with Crippen molar-refractivity contribution in [2.75, 3.05) is 6.61 Å². The Bertz CT molecular complexity index is 156. The van der Waals surface area contributed by atoms with Crippen molar-refractivity contribution in [3.8, 4) is 0 Å². The monoisotopic (exact) mass is 168 g/mol. The second-order valence-corrected chi connectivity index (χ2v) is 5.00. The molecule has 1 atom stereocenters. The van der Waals surface area contributed by atoms with Crippen molar-refractivity contribution >= 4 is 0 Å². The lowest BCUT2D eigenvalue weighted by molar-refractivity contribution is 0.0667. The summed E-state index contributed by atoms with van der Waals surface area (Å²) < 4.78 is 5.85. The Morgan fingerprint density at radius 2 is 1.92 bits per heavy atom. The minimum absolute atomic E-state index is 0.558. The second-order valence-electron chi connectivity index (χ2n) is 5.00. The third-order valence-electron chi connectivity index (χ3n) is 3.65. The summed E-state index contributed by atoms with van der Waals surface area (Å²) in [6.07, 6.45) is 7.63. The molecule has 70 valence electrons. The van der Waals surface area contributed by atoms with Crippen molar-refractivity contribution < 1.29 is 4.74 Å². The van der Waals surface area contributed by atoms with Gasteiger partial charge < -0.3 is 4.74 Å². The van der Waals surface area contributed by atoms with Crippen LogP contribution in [0.4, 0.5) is 0 Å². The third kappa shape index (κ3) is 1.39. The summed E-state index contributed by atoms with van der Waals surface area (Å²) in [5, 5.41) is 0. The van der Waals surface area contributed by atoms with Crippen LogP contribution >= 0.6 is 0 Å². The standard InChI is InChI=1S/C11H20O/c1-9(2)10-7-11(8-12-10)5-3-4-6-11/h9-10H,3-8H2,1-2H3. The molecule has 1 spiro atoms. The molecule has 1 aliphatic heterocycles. The molecule has 1 saturated carbocycles. The van der Waals surface area contributed by atoms with Crippen LogP contribution in [0.15, 0.2) is 0 Å². The van der Waals surface area contributed by atoms with Gasteiger partial charge in [-0.05, 0) is 30.6 Å². The van der Waals surface area contributed by atoms with Crippen LogP contribution in [0.1, 0.15) is 46.0 Å². The zero-order valence-electron chi connectivity index (χ0n) is 8.31. The van der Waals surface area contributed by atoms with Gasteiger partial charge in [0, 0.05) is 0 Å². The second kappa shape index (κ2) is 3.02. The Morgan fingerprint density at radius 1 is 1.25 bits per heavy atom. The summed E-state index contributed by atoms with van der Waals surface area (Å²) >= 11 is 0. The molecule has 2 aliphatic rings. The van der Waals surface area contributed by atoms with Crippen molar-refractivity contribution in [1.29, 1.82) is 0 Å². The van der Waals surface area contributed by atoms with Crippen molar-refractivity contribution in [2.45, 2.75) is 52.1 Å². The number of rotatable bonds is 1. The topological polar surface area (TPSA) is 9.23 Å². The van der Waals surface area contributed by atoms with E-state index in [1.165, 1.54) is 32.1 Å². The Hall–Kier alpha value is -0.0400. The van der Waals surface area contributed by atoms with E-state index in [-0.39, 0.29) is 0 Å². The van der Waals surface area contributed by atoms with Gasteiger partial charge in [0.1, 0.15) is 0 Å². The maximum absolute atomic E-state index is 5.85. The lowest BCUT2D eigenvalue weighted by atomic mass is 9.82. The predicted molar refractivity (Wildman–Crippen MR) is 50.1 cm³/mol. The van der Waals surface area contributed by atoms with Crippen LogP contribution in [0.2, 0.25) is 0 Å². The Kier molecular flexibility index (Phi) is 2.16. The number of hydrogen-bond acceptors (Lipinski definition) is 1. The summed E-state index contributed by atoms with van der Waals surface area (Å²) in [7, 11) is 0. The molecule has 0 aromatic rings. The molecule has 2 rings (SSSR count). The van der Waals surface area contributed by atoms with Gasteiger partial charge in [-0.15, -0.1) is 0 Å². The van der Waals surface area contributed by atoms with E-state index in [0.29, 0.717) is 17.4 Å². The highest BCUT2D eigenvalue weighted by molar-refractivity contribution is 4.92. The number of ether oxygens (including phenoxy) is 1. The van der Waals surface area contributed by atoms with Crippen LogP contribution in [0, 0.1) is 11.3 Å². The van der Waals surface area contributed by atoms with Crippen LogP contribution in [-0.4, -0.2) is 12.7 Å². The molecule has 0 aromatic heterocycles. The molecular formula is C11H20O. The lowest BCUT2D eigenvalue weighted by Crippen LogP contribution is -2.17. The van der Waals surface area contributed by atoms with E-state index in [1.54, 1.807) is 0 Å². The largest absolute Gasteiger partial charge is 0.377 e. The minimum Gasteiger partial charge on any atom is -0.377 e. The third-order valence-corrected chi connectivity index (χ3v) is 3.65. The first-order valence-electron chi connectivity index (χ1n) is 5.33. The average Bonchev–Trinajstić information content (AvgIpc) is 2.62. The fourth-order valence-corrected chi connectivity index (χ4v) is 2.73. The fourth-order valence-electron chi connectivity index (χ4n) is 2.73. The molecule has 0 amide bonds. The molecular weight excluding hydrogens is 148 g/mol. The van der Waals surface area contributed by atoms with Crippen LogP contribution in [0.3, 0.4) is 0 Å². The molecule has 12 heavy (non-hydrogen) atoms. The molecule has 0 radical (unpaired) electrons.